The van der Waals surface area contributed by atoms with Crippen LogP contribution in [0.4, 0.5) is 0 Å². The minimum absolute atomic E-state index is 0.426. The Hall–Kier alpha value is -1.06. The van der Waals surface area contributed by atoms with E-state index in [0.29, 0.717) is 25.6 Å². The molecule has 3 heteroatoms. The number of hydrogen-bond donors (Lipinski definition) is 2. The van der Waals surface area contributed by atoms with Crippen LogP contribution in [0.15, 0.2) is 12.1 Å². The number of rotatable bonds is 7. The highest BCUT2D eigenvalue weighted by atomic mass is 16.5. The fraction of sp³-hybridized carbons (Fsp3) is 0.600. The van der Waals surface area contributed by atoms with E-state index in [0.717, 1.165) is 18.6 Å². The van der Waals surface area contributed by atoms with Gasteiger partial charge in [-0.15, -0.1) is 0 Å². The van der Waals surface area contributed by atoms with E-state index in [1.807, 2.05) is 6.92 Å². The fourth-order valence-electron chi connectivity index (χ4n) is 2.28. The fourth-order valence-corrected chi connectivity index (χ4v) is 2.28. The minimum atomic E-state index is 0.426. The average Bonchev–Trinajstić information content (AvgIpc) is 2.33. The van der Waals surface area contributed by atoms with Crippen molar-refractivity contribution in [2.24, 2.45) is 17.4 Å². The molecule has 0 aliphatic heterocycles. The van der Waals surface area contributed by atoms with Gasteiger partial charge in [0, 0.05) is 0 Å². The van der Waals surface area contributed by atoms with Crippen molar-refractivity contribution < 1.29 is 4.74 Å². The second-order valence-electron chi connectivity index (χ2n) is 4.84. The molecule has 0 aliphatic rings. The molecule has 0 radical (unpaired) electrons. The molecule has 0 aromatic heterocycles. The van der Waals surface area contributed by atoms with Gasteiger partial charge in [0.05, 0.1) is 6.61 Å². The molecule has 0 spiro atoms. The molecule has 1 aromatic carbocycles. The van der Waals surface area contributed by atoms with Crippen molar-refractivity contribution in [2.45, 2.75) is 33.6 Å². The molecule has 0 amide bonds. The number of aryl methyl sites for hydroxylation is 2. The van der Waals surface area contributed by atoms with Crippen LogP contribution < -0.4 is 16.2 Å². The maximum absolute atomic E-state index is 5.69. The molecule has 1 rings (SSSR count). The Kier molecular flexibility index (Phi) is 6.16. The SMILES string of the molecule is CCOc1cc(C)c(CCC(CN)CN)c(C)c1. The van der Waals surface area contributed by atoms with Crippen molar-refractivity contribution >= 4 is 0 Å². The third-order valence-corrected chi connectivity index (χ3v) is 3.45. The molecule has 0 unspecified atom stereocenters. The van der Waals surface area contributed by atoms with Crippen molar-refractivity contribution in [1.29, 1.82) is 0 Å². The van der Waals surface area contributed by atoms with Gasteiger partial charge >= 0.3 is 0 Å². The monoisotopic (exact) mass is 250 g/mol. The zero-order chi connectivity index (χ0) is 13.5. The molecule has 3 nitrogen and oxygen atoms in total. The van der Waals surface area contributed by atoms with Crippen LogP contribution in [0.3, 0.4) is 0 Å². The van der Waals surface area contributed by atoms with Gasteiger partial charge in [0.2, 0.25) is 0 Å². The first kappa shape index (κ1) is 15.0. The Bertz CT molecular complexity index is 350. The van der Waals surface area contributed by atoms with Crippen molar-refractivity contribution in [3.63, 3.8) is 0 Å². The van der Waals surface area contributed by atoms with Crippen LogP contribution in [-0.4, -0.2) is 19.7 Å². The Morgan fingerprint density at radius 2 is 1.67 bits per heavy atom. The van der Waals surface area contributed by atoms with Crippen LogP contribution in [0.25, 0.3) is 0 Å². The lowest BCUT2D eigenvalue weighted by Gasteiger charge is -2.16. The van der Waals surface area contributed by atoms with E-state index in [1.165, 1.54) is 16.7 Å². The Balaban J connectivity index is 2.77. The molecular formula is C15H26N2O. The normalized spacial score (nSPS) is 11.0. The molecule has 4 N–H and O–H groups in total. The quantitative estimate of drug-likeness (QED) is 0.779. The third-order valence-electron chi connectivity index (χ3n) is 3.45. The lowest BCUT2D eigenvalue weighted by atomic mass is 9.93. The van der Waals surface area contributed by atoms with E-state index in [1.54, 1.807) is 0 Å². The highest BCUT2D eigenvalue weighted by Gasteiger charge is 2.09. The first-order valence-electron chi connectivity index (χ1n) is 6.75. The van der Waals surface area contributed by atoms with Gasteiger partial charge in [-0.3, -0.25) is 0 Å². The van der Waals surface area contributed by atoms with Crippen LogP contribution in [0.1, 0.15) is 30.0 Å². The predicted octanol–water partition coefficient (Wildman–Crippen LogP) is 2.17. The molecule has 1 aromatic rings. The Labute approximate surface area is 111 Å². The molecule has 0 aliphatic carbocycles. The van der Waals surface area contributed by atoms with Crippen molar-refractivity contribution in [2.75, 3.05) is 19.7 Å². The first-order chi connectivity index (χ1) is 8.62. The van der Waals surface area contributed by atoms with Gasteiger partial charge in [-0.2, -0.15) is 0 Å². The summed E-state index contributed by atoms with van der Waals surface area (Å²) in [6.45, 7) is 8.35. The summed E-state index contributed by atoms with van der Waals surface area (Å²) < 4.78 is 5.55. The lowest BCUT2D eigenvalue weighted by Crippen LogP contribution is -2.23. The average molecular weight is 250 g/mol. The minimum Gasteiger partial charge on any atom is -0.494 e. The van der Waals surface area contributed by atoms with E-state index in [9.17, 15) is 0 Å². The molecule has 0 fully saturated rings. The maximum Gasteiger partial charge on any atom is 0.119 e. The molecule has 0 saturated heterocycles. The molecule has 0 bridgehead atoms. The molecular weight excluding hydrogens is 224 g/mol. The van der Waals surface area contributed by atoms with E-state index in [2.05, 4.69) is 26.0 Å². The Morgan fingerprint density at radius 1 is 1.11 bits per heavy atom. The van der Waals surface area contributed by atoms with Crippen LogP contribution >= 0.6 is 0 Å². The molecule has 0 heterocycles. The predicted molar refractivity (Wildman–Crippen MR) is 77.0 cm³/mol. The molecule has 0 saturated carbocycles. The van der Waals surface area contributed by atoms with Gasteiger partial charge in [-0.05, 0) is 81.4 Å². The van der Waals surface area contributed by atoms with E-state index >= 15 is 0 Å². The number of ether oxygens (including phenoxy) is 1. The van der Waals surface area contributed by atoms with Crippen LogP contribution in [0.5, 0.6) is 5.75 Å². The highest BCUT2D eigenvalue weighted by Crippen LogP contribution is 2.24. The van der Waals surface area contributed by atoms with Gasteiger partial charge in [-0.25, -0.2) is 0 Å². The zero-order valence-corrected chi connectivity index (χ0v) is 11.8. The van der Waals surface area contributed by atoms with E-state index in [-0.39, 0.29) is 0 Å². The number of benzene rings is 1. The van der Waals surface area contributed by atoms with Gasteiger partial charge in [-0.1, -0.05) is 0 Å². The van der Waals surface area contributed by atoms with Gasteiger partial charge in [0.15, 0.2) is 0 Å². The lowest BCUT2D eigenvalue weighted by molar-refractivity contribution is 0.339. The number of hydrogen-bond acceptors (Lipinski definition) is 3. The van der Waals surface area contributed by atoms with Crippen LogP contribution in [0.2, 0.25) is 0 Å². The van der Waals surface area contributed by atoms with Crippen LogP contribution in [0, 0.1) is 19.8 Å². The highest BCUT2D eigenvalue weighted by molar-refractivity contribution is 5.41. The van der Waals surface area contributed by atoms with E-state index in [4.69, 9.17) is 16.2 Å². The molecule has 102 valence electrons. The summed E-state index contributed by atoms with van der Waals surface area (Å²) in [6.07, 6.45) is 2.10. The third kappa shape index (κ3) is 4.00. The first-order valence-corrected chi connectivity index (χ1v) is 6.75. The zero-order valence-electron chi connectivity index (χ0n) is 11.8. The summed E-state index contributed by atoms with van der Waals surface area (Å²) in [4.78, 5) is 0. The van der Waals surface area contributed by atoms with Crippen molar-refractivity contribution in [3.8, 4) is 5.75 Å². The topological polar surface area (TPSA) is 61.3 Å². The van der Waals surface area contributed by atoms with Crippen molar-refractivity contribution in [1.82, 2.24) is 0 Å². The summed E-state index contributed by atoms with van der Waals surface area (Å²) in [6, 6.07) is 4.23. The molecule has 18 heavy (non-hydrogen) atoms. The second-order valence-corrected chi connectivity index (χ2v) is 4.84. The largest absolute Gasteiger partial charge is 0.494 e. The summed E-state index contributed by atoms with van der Waals surface area (Å²) in [5.74, 6) is 1.39. The summed E-state index contributed by atoms with van der Waals surface area (Å²) in [7, 11) is 0. The van der Waals surface area contributed by atoms with Crippen LogP contribution in [-0.2, 0) is 6.42 Å². The second kappa shape index (κ2) is 7.39. The van der Waals surface area contributed by atoms with Gasteiger partial charge < -0.3 is 16.2 Å². The summed E-state index contributed by atoms with van der Waals surface area (Å²) >= 11 is 0. The summed E-state index contributed by atoms with van der Waals surface area (Å²) in [5, 5.41) is 0. The Morgan fingerprint density at radius 3 is 2.11 bits per heavy atom. The molecule has 0 atom stereocenters. The smallest absolute Gasteiger partial charge is 0.119 e. The van der Waals surface area contributed by atoms with Crippen molar-refractivity contribution in [3.05, 3.63) is 28.8 Å². The van der Waals surface area contributed by atoms with Gasteiger partial charge in [0.25, 0.3) is 0 Å². The number of nitrogens with two attached hydrogens (primary N) is 2. The van der Waals surface area contributed by atoms with Gasteiger partial charge in [0.1, 0.15) is 5.75 Å². The maximum atomic E-state index is 5.69. The summed E-state index contributed by atoms with van der Waals surface area (Å²) in [5.41, 5.74) is 15.4. The standard InChI is InChI=1S/C15H26N2O/c1-4-18-14-7-11(2)15(12(3)8-14)6-5-13(9-16)10-17/h7-8,13H,4-6,9-10,16-17H2,1-3H3. The van der Waals surface area contributed by atoms with E-state index < -0.39 is 0 Å².